The predicted octanol–water partition coefficient (Wildman–Crippen LogP) is 2.92. The van der Waals surface area contributed by atoms with Crippen LogP contribution in [0.15, 0.2) is 30.3 Å². The Morgan fingerprint density at radius 1 is 1.21 bits per heavy atom. The second kappa shape index (κ2) is 5.96. The smallest absolute Gasteiger partial charge is 0.130 e. The van der Waals surface area contributed by atoms with Crippen molar-refractivity contribution in [1.82, 2.24) is 9.97 Å². The molecule has 0 aliphatic carbocycles. The number of rotatable bonds is 4. The second-order valence-electron chi connectivity index (χ2n) is 4.20. The van der Waals surface area contributed by atoms with Crippen LogP contribution in [0.3, 0.4) is 0 Å². The van der Waals surface area contributed by atoms with E-state index >= 15 is 0 Å². The van der Waals surface area contributed by atoms with Gasteiger partial charge in [-0.3, -0.25) is 0 Å². The molecule has 4 nitrogen and oxygen atoms in total. The lowest BCUT2D eigenvalue weighted by Crippen LogP contribution is -1.99. The highest BCUT2D eigenvalue weighted by atomic mass is 16.5. The molecule has 0 radical (unpaired) electrons. The Hall–Kier alpha value is -2.41. The molecule has 0 amide bonds. The first-order valence-corrected chi connectivity index (χ1v) is 6.09. The molecule has 2 aromatic rings. The molecule has 96 valence electrons. The molecule has 19 heavy (non-hydrogen) atoms. The lowest BCUT2D eigenvalue weighted by atomic mass is 10.1. The molecule has 0 bridgehead atoms. The van der Waals surface area contributed by atoms with Gasteiger partial charge < -0.3 is 4.74 Å². The van der Waals surface area contributed by atoms with Crippen molar-refractivity contribution in [3.63, 3.8) is 0 Å². The summed E-state index contributed by atoms with van der Waals surface area (Å²) in [5, 5.41) is 8.62. The molecule has 0 N–H and O–H groups in total. The molecule has 1 aromatic heterocycles. The van der Waals surface area contributed by atoms with Crippen LogP contribution in [0.1, 0.15) is 17.9 Å². The third-order valence-electron chi connectivity index (χ3n) is 2.75. The molecule has 0 atom stereocenters. The van der Waals surface area contributed by atoms with Crippen molar-refractivity contribution in [1.29, 1.82) is 5.26 Å². The topological polar surface area (TPSA) is 58.8 Å². The number of hydrogen-bond acceptors (Lipinski definition) is 4. The quantitative estimate of drug-likeness (QED) is 0.840. The number of nitrogens with zero attached hydrogens (tertiary/aromatic N) is 3. The molecule has 0 saturated carbocycles. The molecule has 0 saturated heterocycles. The zero-order chi connectivity index (χ0) is 13.7. The lowest BCUT2D eigenvalue weighted by molar-refractivity contribution is 0.415. The van der Waals surface area contributed by atoms with Gasteiger partial charge in [-0.05, 0) is 37.3 Å². The van der Waals surface area contributed by atoms with E-state index in [9.17, 15) is 0 Å². The van der Waals surface area contributed by atoms with E-state index in [1.165, 1.54) is 0 Å². The number of hydrogen-bond donors (Lipinski definition) is 0. The third-order valence-corrected chi connectivity index (χ3v) is 2.75. The zero-order valence-electron chi connectivity index (χ0n) is 11.1. The Morgan fingerprint density at radius 2 is 1.95 bits per heavy atom. The first-order chi connectivity index (χ1) is 9.22. The fraction of sp³-hybridized carbons (Fsp3) is 0.267. The summed E-state index contributed by atoms with van der Waals surface area (Å²) in [7, 11) is 1.64. The van der Waals surface area contributed by atoms with E-state index in [1.54, 1.807) is 7.11 Å². The maximum atomic E-state index is 8.62. The monoisotopic (exact) mass is 253 g/mol. The molecule has 0 aliphatic heterocycles. The van der Waals surface area contributed by atoms with Crippen LogP contribution in [0, 0.1) is 18.3 Å². The Bertz CT molecular complexity index is 600. The highest BCUT2D eigenvalue weighted by Crippen LogP contribution is 2.21. The van der Waals surface area contributed by atoms with E-state index < -0.39 is 0 Å². The minimum absolute atomic E-state index is 0.436. The SMILES string of the molecule is COc1ccc(-c2cc(C)nc(CCC#N)n2)cc1. The Labute approximate surface area is 112 Å². The fourth-order valence-electron chi connectivity index (χ4n) is 1.82. The van der Waals surface area contributed by atoms with Gasteiger partial charge in [0.1, 0.15) is 11.6 Å². The van der Waals surface area contributed by atoms with E-state index in [0.717, 1.165) is 22.7 Å². The fourth-order valence-corrected chi connectivity index (χ4v) is 1.82. The van der Waals surface area contributed by atoms with Gasteiger partial charge >= 0.3 is 0 Å². The van der Waals surface area contributed by atoms with Crippen molar-refractivity contribution >= 4 is 0 Å². The van der Waals surface area contributed by atoms with Crippen molar-refractivity contribution in [2.45, 2.75) is 19.8 Å². The van der Waals surface area contributed by atoms with Crippen molar-refractivity contribution in [2.75, 3.05) is 7.11 Å². The maximum Gasteiger partial charge on any atom is 0.130 e. The molecule has 2 rings (SSSR count). The summed E-state index contributed by atoms with van der Waals surface area (Å²) in [5.41, 5.74) is 2.81. The van der Waals surface area contributed by atoms with E-state index in [1.807, 2.05) is 37.3 Å². The van der Waals surface area contributed by atoms with Crippen LogP contribution in [-0.2, 0) is 6.42 Å². The number of ether oxygens (including phenoxy) is 1. The van der Waals surface area contributed by atoms with Crippen LogP contribution in [0.5, 0.6) is 5.75 Å². The molecule has 0 fully saturated rings. The van der Waals surface area contributed by atoms with E-state index in [0.29, 0.717) is 18.7 Å². The molecule has 0 spiro atoms. The van der Waals surface area contributed by atoms with Gasteiger partial charge in [-0.15, -0.1) is 0 Å². The molecular weight excluding hydrogens is 238 g/mol. The van der Waals surface area contributed by atoms with Crippen LogP contribution >= 0.6 is 0 Å². The van der Waals surface area contributed by atoms with Gasteiger partial charge in [0.15, 0.2) is 0 Å². The largest absolute Gasteiger partial charge is 0.497 e. The standard InChI is InChI=1S/C15H15N3O/c1-11-10-14(18-15(17-11)4-3-9-16)12-5-7-13(19-2)8-6-12/h5-8,10H,3-4H2,1-2H3. The third kappa shape index (κ3) is 3.29. The molecule has 1 heterocycles. The normalized spacial score (nSPS) is 9.95. The van der Waals surface area contributed by atoms with E-state index in [4.69, 9.17) is 10.00 Å². The maximum absolute atomic E-state index is 8.62. The molecule has 4 heteroatoms. The number of methoxy groups -OCH3 is 1. The van der Waals surface area contributed by atoms with Crippen LogP contribution in [-0.4, -0.2) is 17.1 Å². The summed E-state index contributed by atoms with van der Waals surface area (Å²) in [6, 6.07) is 11.8. The minimum atomic E-state index is 0.436. The predicted molar refractivity (Wildman–Crippen MR) is 72.7 cm³/mol. The Morgan fingerprint density at radius 3 is 2.58 bits per heavy atom. The average Bonchev–Trinajstić information content (AvgIpc) is 2.44. The van der Waals surface area contributed by atoms with Gasteiger partial charge in [-0.2, -0.15) is 5.26 Å². The Balaban J connectivity index is 2.32. The Kier molecular flexibility index (Phi) is 4.09. The molecular formula is C15H15N3O. The van der Waals surface area contributed by atoms with E-state index in [-0.39, 0.29) is 0 Å². The van der Waals surface area contributed by atoms with Crippen molar-refractivity contribution in [3.05, 3.63) is 41.9 Å². The number of aromatic nitrogens is 2. The van der Waals surface area contributed by atoms with Crippen LogP contribution in [0.4, 0.5) is 0 Å². The summed E-state index contributed by atoms with van der Waals surface area (Å²) < 4.78 is 5.14. The van der Waals surface area contributed by atoms with E-state index in [2.05, 4.69) is 16.0 Å². The van der Waals surface area contributed by atoms with Gasteiger partial charge in [0.25, 0.3) is 0 Å². The molecule has 1 aromatic carbocycles. The zero-order valence-corrected chi connectivity index (χ0v) is 11.1. The number of benzene rings is 1. The molecule has 0 unspecified atom stereocenters. The van der Waals surface area contributed by atoms with Crippen molar-refractivity contribution in [3.8, 4) is 23.1 Å². The summed E-state index contributed by atoms with van der Waals surface area (Å²) in [6.45, 7) is 1.94. The van der Waals surface area contributed by atoms with Crippen LogP contribution in [0.25, 0.3) is 11.3 Å². The summed E-state index contributed by atoms with van der Waals surface area (Å²) >= 11 is 0. The first-order valence-electron chi connectivity index (χ1n) is 6.09. The van der Waals surface area contributed by atoms with Crippen molar-refractivity contribution < 1.29 is 4.74 Å². The highest BCUT2D eigenvalue weighted by molar-refractivity contribution is 5.60. The lowest BCUT2D eigenvalue weighted by Gasteiger charge is -2.06. The van der Waals surface area contributed by atoms with Gasteiger partial charge in [0.05, 0.1) is 18.9 Å². The van der Waals surface area contributed by atoms with Gasteiger partial charge in [-0.25, -0.2) is 9.97 Å². The van der Waals surface area contributed by atoms with Gasteiger partial charge in [0, 0.05) is 24.1 Å². The summed E-state index contributed by atoms with van der Waals surface area (Å²) in [6.07, 6.45) is 1.02. The van der Waals surface area contributed by atoms with Gasteiger partial charge in [-0.1, -0.05) is 0 Å². The van der Waals surface area contributed by atoms with Crippen molar-refractivity contribution in [2.24, 2.45) is 0 Å². The van der Waals surface area contributed by atoms with Crippen LogP contribution < -0.4 is 4.74 Å². The summed E-state index contributed by atoms with van der Waals surface area (Å²) in [5.74, 6) is 1.53. The summed E-state index contributed by atoms with van der Waals surface area (Å²) in [4.78, 5) is 8.84. The number of aryl methyl sites for hydroxylation is 2. The molecule has 0 aliphatic rings. The number of nitriles is 1. The van der Waals surface area contributed by atoms with Gasteiger partial charge in [0.2, 0.25) is 0 Å². The first kappa shape index (κ1) is 13.0. The average molecular weight is 253 g/mol. The van der Waals surface area contributed by atoms with Crippen LogP contribution in [0.2, 0.25) is 0 Å². The second-order valence-corrected chi connectivity index (χ2v) is 4.20. The highest BCUT2D eigenvalue weighted by Gasteiger charge is 2.05. The minimum Gasteiger partial charge on any atom is -0.497 e.